The summed E-state index contributed by atoms with van der Waals surface area (Å²) >= 11 is 0. The van der Waals surface area contributed by atoms with Crippen LogP contribution in [-0.2, 0) is 16.1 Å². The van der Waals surface area contributed by atoms with Gasteiger partial charge in [0.05, 0.1) is 38.6 Å². The second-order valence-electron chi connectivity index (χ2n) is 7.43. The Bertz CT molecular complexity index is 1240. The normalized spacial score (nSPS) is 13.3. The van der Waals surface area contributed by atoms with Crippen molar-refractivity contribution in [2.24, 2.45) is 0 Å². The van der Waals surface area contributed by atoms with E-state index in [-0.39, 0.29) is 17.8 Å². The maximum Gasteiger partial charge on any atom is 0.278 e. The van der Waals surface area contributed by atoms with E-state index in [9.17, 15) is 9.59 Å². The minimum absolute atomic E-state index is 0.0978. The number of nitrogens with zero attached hydrogens (tertiary/aromatic N) is 2. The molecule has 4 rings (SSSR count). The number of para-hydroxylation sites is 2. The van der Waals surface area contributed by atoms with Crippen molar-refractivity contribution < 1.29 is 23.8 Å². The predicted octanol–water partition coefficient (Wildman–Crippen LogP) is 3.89. The first-order valence-electron chi connectivity index (χ1n) is 10.8. The molecule has 0 radical (unpaired) electrons. The number of pyridine rings is 1. The van der Waals surface area contributed by atoms with Gasteiger partial charge in [-0.25, -0.2) is 0 Å². The third-order valence-electron chi connectivity index (χ3n) is 5.35. The predicted molar refractivity (Wildman–Crippen MR) is 127 cm³/mol. The Morgan fingerprint density at radius 1 is 0.912 bits per heavy atom. The van der Waals surface area contributed by atoms with Gasteiger partial charge in [-0.3, -0.25) is 19.5 Å². The number of benzene rings is 2. The van der Waals surface area contributed by atoms with Crippen molar-refractivity contribution in [1.29, 1.82) is 0 Å². The lowest BCUT2D eigenvalue weighted by molar-refractivity contribution is -0.137. The van der Waals surface area contributed by atoms with Gasteiger partial charge in [0.1, 0.15) is 11.4 Å². The van der Waals surface area contributed by atoms with Gasteiger partial charge in [0.15, 0.2) is 11.5 Å². The number of ether oxygens (including phenoxy) is 3. The highest BCUT2D eigenvalue weighted by Crippen LogP contribution is 2.37. The van der Waals surface area contributed by atoms with Crippen molar-refractivity contribution in [2.75, 3.05) is 26.1 Å². The Kier molecular flexibility index (Phi) is 6.77. The van der Waals surface area contributed by atoms with Gasteiger partial charge in [-0.1, -0.05) is 24.3 Å². The average Bonchev–Trinajstić information content (AvgIpc) is 3.09. The summed E-state index contributed by atoms with van der Waals surface area (Å²) in [4.78, 5) is 32.4. The third-order valence-corrected chi connectivity index (χ3v) is 5.35. The summed E-state index contributed by atoms with van der Waals surface area (Å²) in [5, 5.41) is 3.16. The Labute approximate surface area is 197 Å². The lowest BCUT2D eigenvalue weighted by atomic mass is 10.0. The lowest BCUT2D eigenvalue weighted by Gasteiger charge is -2.16. The van der Waals surface area contributed by atoms with E-state index in [2.05, 4.69) is 10.3 Å². The molecular formula is C26H25N3O5. The minimum Gasteiger partial charge on any atom is -0.493 e. The molecule has 0 saturated heterocycles. The molecule has 8 heteroatoms. The SMILES string of the molecule is CCOc1ccccc1NC1=C(c2ccc(OC)c(OC)c2)C(=O)N(Cc2cccnc2)C1=O. The van der Waals surface area contributed by atoms with Crippen LogP contribution < -0.4 is 19.5 Å². The van der Waals surface area contributed by atoms with Crippen LogP contribution in [0.1, 0.15) is 18.1 Å². The van der Waals surface area contributed by atoms with Crippen LogP contribution in [0.2, 0.25) is 0 Å². The van der Waals surface area contributed by atoms with Crippen molar-refractivity contribution in [3.8, 4) is 17.2 Å². The van der Waals surface area contributed by atoms with Gasteiger partial charge in [-0.15, -0.1) is 0 Å². The summed E-state index contributed by atoms with van der Waals surface area (Å²) in [7, 11) is 3.05. The van der Waals surface area contributed by atoms with Gasteiger partial charge in [0.25, 0.3) is 11.8 Å². The standard InChI is InChI=1S/C26H25N3O5/c1-4-34-20-10-6-5-9-19(20)28-24-23(18-11-12-21(32-2)22(14-18)33-3)25(30)29(26(24)31)16-17-8-7-13-27-15-17/h5-15,28H,4,16H2,1-3H3. The maximum atomic E-state index is 13.6. The topological polar surface area (TPSA) is 90.0 Å². The summed E-state index contributed by atoms with van der Waals surface area (Å²) in [5.74, 6) is 0.692. The van der Waals surface area contributed by atoms with Crippen LogP contribution in [0.3, 0.4) is 0 Å². The fourth-order valence-corrected chi connectivity index (χ4v) is 3.76. The Balaban J connectivity index is 1.80. The van der Waals surface area contributed by atoms with E-state index >= 15 is 0 Å². The number of hydrogen-bond donors (Lipinski definition) is 1. The van der Waals surface area contributed by atoms with Gasteiger partial charge >= 0.3 is 0 Å². The molecule has 1 N–H and O–H groups in total. The van der Waals surface area contributed by atoms with Crippen LogP contribution in [0.4, 0.5) is 5.69 Å². The minimum atomic E-state index is -0.440. The highest BCUT2D eigenvalue weighted by Gasteiger charge is 2.39. The first-order valence-corrected chi connectivity index (χ1v) is 10.8. The molecular weight excluding hydrogens is 434 g/mol. The molecule has 3 aromatic rings. The number of amides is 2. The largest absolute Gasteiger partial charge is 0.493 e. The quantitative estimate of drug-likeness (QED) is 0.486. The van der Waals surface area contributed by atoms with Crippen LogP contribution in [0.15, 0.2) is 72.7 Å². The first-order chi connectivity index (χ1) is 16.6. The van der Waals surface area contributed by atoms with Gasteiger partial charge < -0.3 is 19.5 Å². The third kappa shape index (κ3) is 4.43. The number of carbonyl (C=O) groups excluding carboxylic acids is 2. The summed E-state index contributed by atoms with van der Waals surface area (Å²) in [6.45, 7) is 2.44. The fraction of sp³-hybridized carbons (Fsp3) is 0.192. The smallest absolute Gasteiger partial charge is 0.278 e. The number of anilines is 1. The number of aromatic nitrogens is 1. The van der Waals surface area contributed by atoms with Gasteiger partial charge in [0.2, 0.25) is 0 Å². The molecule has 174 valence electrons. The highest BCUT2D eigenvalue weighted by atomic mass is 16.5. The Hall–Kier alpha value is -4.33. The number of carbonyl (C=O) groups is 2. The average molecular weight is 460 g/mol. The Morgan fingerprint density at radius 3 is 2.41 bits per heavy atom. The Morgan fingerprint density at radius 2 is 1.71 bits per heavy atom. The summed E-state index contributed by atoms with van der Waals surface area (Å²) < 4.78 is 16.4. The number of nitrogens with one attached hydrogen (secondary N) is 1. The zero-order chi connectivity index (χ0) is 24.1. The second-order valence-corrected chi connectivity index (χ2v) is 7.43. The molecule has 2 aromatic carbocycles. The van der Waals surface area contributed by atoms with E-state index in [0.717, 1.165) is 5.56 Å². The molecule has 1 aliphatic heterocycles. The number of hydrogen-bond acceptors (Lipinski definition) is 7. The van der Waals surface area contributed by atoms with Crippen LogP contribution in [-0.4, -0.2) is 42.5 Å². The molecule has 1 aliphatic rings. The van der Waals surface area contributed by atoms with E-state index in [1.165, 1.54) is 19.1 Å². The van der Waals surface area contributed by atoms with E-state index < -0.39 is 11.8 Å². The first kappa shape index (κ1) is 22.8. The van der Waals surface area contributed by atoms with E-state index in [4.69, 9.17) is 14.2 Å². The van der Waals surface area contributed by atoms with Gasteiger partial charge in [-0.2, -0.15) is 0 Å². The summed E-state index contributed by atoms with van der Waals surface area (Å²) in [5.41, 5.74) is 2.25. The van der Waals surface area contributed by atoms with Crippen LogP contribution in [0.5, 0.6) is 17.2 Å². The molecule has 0 unspecified atom stereocenters. The highest BCUT2D eigenvalue weighted by molar-refractivity contribution is 6.36. The molecule has 8 nitrogen and oxygen atoms in total. The van der Waals surface area contributed by atoms with Gasteiger partial charge in [0, 0.05) is 12.4 Å². The van der Waals surface area contributed by atoms with E-state index in [1.807, 2.05) is 25.1 Å². The molecule has 2 heterocycles. The zero-order valence-electron chi connectivity index (χ0n) is 19.2. The second kappa shape index (κ2) is 10.1. The lowest BCUT2D eigenvalue weighted by Crippen LogP contribution is -2.32. The van der Waals surface area contributed by atoms with Crippen molar-refractivity contribution in [2.45, 2.75) is 13.5 Å². The molecule has 0 atom stereocenters. The molecule has 0 saturated carbocycles. The molecule has 0 bridgehead atoms. The molecule has 1 aromatic heterocycles. The van der Waals surface area contributed by atoms with Crippen LogP contribution >= 0.6 is 0 Å². The molecule has 2 amide bonds. The number of rotatable bonds is 9. The van der Waals surface area contributed by atoms with Crippen molar-refractivity contribution in [3.05, 3.63) is 83.8 Å². The zero-order valence-corrected chi connectivity index (χ0v) is 19.2. The van der Waals surface area contributed by atoms with Crippen molar-refractivity contribution >= 4 is 23.1 Å². The molecule has 0 spiro atoms. The fourth-order valence-electron chi connectivity index (χ4n) is 3.76. The van der Waals surface area contributed by atoms with E-state index in [0.29, 0.717) is 35.1 Å². The maximum absolute atomic E-state index is 13.6. The number of methoxy groups -OCH3 is 2. The van der Waals surface area contributed by atoms with E-state index in [1.54, 1.807) is 48.8 Å². The summed E-state index contributed by atoms with van der Waals surface area (Å²) in [6, 6.07) is 16.0. The number of imide groups is 1. The molecule has 0 fully saturated rings. The van der Waals surface area contributed by atoms with Gasteiger partial charge in [-0.05, 0) is 48.4 Å². The van der Waals surface area contributed by atoms with Crippen LogP contribution in [0, 0.1) is 0 Å². The monoisotopic (exact) mass is 459 g/mol. The molecule has 34 heavy (non-hydrogen) atoms. The van der Waals surface area contributed by atoms with Crippen LogP contribution in [0.25, 0.3) is 5.57 Å². The van der Waals surface area contributed by atoms with Crippen molar-refractivity contribution in [1.82, 2.24) is 9.88 Å². The van der Waals surface area contributed by atoms with Crippen molar-refractivity contribution in [3.63, 3.8) is 0 Å². The summed E-state index contributed by atoms with van der Waals surface area (Å²) in [6.07, 6.45) is 3.27. The molecule has 0 aliphatic carbocycles.